The predicted octanol–water partition coefficient (Wildman–Crippen LogP) is 2.41. The van der Waals surface area contributed by atoms with Crippen LogP contribution in [0.15, 0.2) is 41.5 Å². The Morgan fingerprint density at radius 2 is 2.20 bits per heavy atom. The number of halogens is 1. The van der Waals surface area contributed by atoms with E-state index in [1.807, 2.05) is 0 Å². The zero-order valence-corrected chi connectivity index (χ0v) is 13.5. The van der Waals surface area contributed by atoms with Gasteiger partial charge < -0.3 is 14.9 Å². The molecule has 0 aliphatic carbocycles. The molecular weight excluding hydrogens is 323 g/mol. The van der Waals surface area contributed by atoms with Crippen LogP contribution in [0.1, 0.15) is 34.9 Å². The van der Waals surface area contributed by atoms with Crippen molar-refractivity contribution in [3.05, 3.63) is 64.2 Å². The molecule has 0 unspecified atom stereocenters. The number of imidazole rings is 1. The van der Waals surface area contributed by atoms with E-state index >= 15 is 0 Å². The molecule has 1 aliphatic rings. The van der Waals surface area contributed by atoms with Gasteiger partial charge in [-0.15, -0.1) is 0 Å². The SMILES string of the molecule is O=C(c1cc(=O)[nH]c2ccc(F)cc12)N1CCC[C@@H](c2ncc[nH]2)C1. The number of likely N-dealkylation sites (tertiary alicyclic amines) is 1. The molecule has 7 heteroatoms. The van der Waals surface area contributed by atoms with E-state index < -0.39 is 5.82 Å². The molecule has 3 aromatic rings. The Labute approximate surface area is 142 Å². The third-order valence-corrected chi connectivity index (χ3v) is 4.65. The lowest BCUT2D eigenvalue weighted by molar-refractivity contribution is 0.0706. The summed E-state index contributed by atoms with van der Waals surface area (Å²) in [5.74, 6) is 0.302. The van der Waals surface area contributed by atoms with Crippen molar-refractivity contribution in [3.63, 3.8) is 0 Å². The first kappa shape index (κ1) is 15.6. The molecular formula is C18H17FN4O2. The summed E-state index contributed by atoms with van der Waals surface area (Å²) in [6.45, 7) is 1.13. The van der Waals surface area contributed by atoms with Gasteiger partial charge in [0.05, 0.1) is 5.56 Å². The minimum Gasteiger partial charge on any atom is -0.348 e. The quantitative estimate of drug-likeness (QED) is 0.752. The van der Waals surface area contributed by atoms with Crippen LogP contribution in [0, 0.1) is 5.82 Å². The maximum absolute atomic E-state index is 13.6. The van der Waals surface area contributed by atoms with Crippen molar-refractivity contribution >= 4 is 16.8 Å². The summed E-state index contributed by atoms with van der Waals surface area (Å²) >= 11 is 0. The highest BCUT2D eigenvalue weighted by Gasteiger charge is 2.28. The number of aromatic nitrogens is 3. The molecule has 4 rings (SSSR count). The van der Waals surface area contributed by atoms with E-state index in [0.717, 1.165) is 18.7 Å². The lowest BCUT2D eigenvalue weighted by atomic mass is 9.96. The summed E-state index contributed by atoms with van der Waals surface area (Å²) in [7, 11) is 0. The van der Waals surface area contributed by atoms with E-state index in [1.54, 1.807) is 17.3 Å². The molecule has 128 valence electrons. The minimum absolute atomic E-state index is 0.137. The number of nitrogens with one attached hydrogen (secondary N) is 2. The molecule has 1 amide bonds. The zero-order chi connectivity index (χ0) is 17.4. The van der Waals surface area contributed by atoms with Gasteiger partial charge in [0.1, 0.15) is 11.6 Å². The molecule has 0 spiro atoms. The highest BCUT2D eigenvalue weighted by molar-refractivity contribution is 6.06. The second kappa shape index (κ2) is 6.16. The van der Waals surface area contributed by atoms with E-state index in [4.69, 9.17) is 0 Å². The first-order valence-electron chi connectivity index (χ1n) is 8.23. The molecule has 0 radical (unpaired) electrons. The average molecular weight is 340 g/mol. The lowest BCUT2D eigenvalue weighted by Gasteiger charge is -2.32. The number of benzene rings is 1. The van der Waals surface area contributed by atoms with Gasteiger partial charge in [-0.1, -0.05) is 0 Å². The monoisotopic (exact) mass is 340 g/mol. The van der Waals surface area contributed by atoms with Crippen molar-refractivity contribution < 1.29 is 9.18 Å². The predicted molar refractivity (Wildman–Crippen MR) is 91.0 cm³/mol. The number of nitrogens with zero attached hydrogens (tertiary/aromatic N) is 2. The fourth-order valence-corrected chi connectivity index (χ4v) is 3.46. The van der Waals surface area contributed by atoms with Crippen LogP contribution < -0.4 is 5.56 Å². The van der Waals surface area contributed by atoms with Crippen molar-refractivity contribution in [1.82, 2.24) is 19.9 Å². The van der Waals surface area contributed by atoms with Crippen LogP contribution in [0.5, 0.6) is 0 Å². The summed E-state index contributed by atoms with van der Waals surface area (Å²) in [5.41, 5.74) is 0.317. The number of rotatable bonds is 2. The van der Waals surface area contributed by atoms with Gasteiger partial charge in [0.25, 0.3) is 5.91 Å². The first-order valence-corrected chi connectivity index (χ1v) is 8.23. The average Bonchev–Trinajstić information content (AvgIpc) is 3.16. The highest BCUT2D eigenvalue weighted by atomic mass is 19.1. The second-order valence-electron chi connectivity index (χ2n) is 6.30. The number of hydrogen-bond acceptors (Lipinski definition) is 3. The van der Waals surface area contributed by atoms with Gasteiger partial charge in [-0.2, -0.15) is 0 Å². The molecule has 1 aliphatic heterocycles. The molecule has 2 N–H and O–H groups in total. The van der Waals surface area contributed by atoms with Gasteiger partial charge in [-0.05, 0) is 31.0 Å². The van der Waals surface area contributed by atoms with Crippen LogP contribution >= 0.6 is 0 Å². The Morgan fingerprint density at radius 3 is 3.00 bits per heavy atom. The number of hydrogen-bond donors (Lipinski definition) is 2. The molecule has 1 aromatic carbocycles. The van der Waals surface area contributed by atoms with E-state index in [-0.39, 0.29) is 22.9 Å². The van der Waals surface area contributed by atoms with Crippen molar-refractivity contribution in [2.24, 2.45) is 0 Å². The van der Waals surface area contributed by atoms with Crippen LogP contribution in [-0.4, -0.2) is 38.8 Å². The molecule has 2 aromatic heterocycles. The number of amides is 1. The third kappa shape index (κ3) is 2.93. The maximum Gasteiger partial charge on any atom is 0.254 e. The third-order valence-electron chi connectivity index (χ3n) is 4.65. The topological polar surface area (TPSA) is 81.8 Å². The Balaban J connectivity index is 1.70. The van der Waals surface area contributed by atoms with Crippen LogP contribution in [0.2, 0.25) is 0 Å². The van der Waals surface area contributed by atoms with Gasteiger partial charge in [0.2, 0.25) is 5.56 Å². The summed E-state index contributed by atoms with van der Waals surface area (Å²) < 4.78 is 13.6. The molecule has 25 heavy (non-hydrogen) atoms. The van der Waals surface area contributed by atoms with E-state index in [1.165, 1.54) is 24.3 Å². The van der Waals surface area contributed by atoms with Crippen molar-refractivity contribution in [1.29, 1.82) is 0 Å². The van der Waals surface area contributed by atoms with Crippen molar-refractivity contribution in [2.75, 3.05) is 13.1 Å². The number of carbonyl (C=O) groups excluding carboxylic acids is 1. The van der Waals surface area contributed by atoms with Crippen LogP contribution in [0.25, 0.3) is 10.9 Å². The molecule has 1 atom stereocenters. The van der Waals surface area contributed by atoms with Crippen molar-refractivity contribution in [3.8, 4) is 0 Å². The van der Waals surface area contributed by atoms with Gasteiger partial charge in [0.15, 0.2) is 0 Å². The standard InChI is InChI=1S/C18H17FN4O2/c19-12-3-4-15-13(8-12)14(9-16(24)22-15)18(25)23-7-1-2-11(10-23)17-20-5-6-21-17/h3-6,8-9,11H,1-2,7,10H2,(H,20,21)(H,22,24)/t11-/m1/s1. The summed E-state index contributed by atoms with van der Waals surface area (Å²) in [6.07, 6.45) is 5.26. The van der Waals surface area contributed by atoms with E-state index in [0.29, 0.717) is 24.0 Å². The smallest absolute Gasteiger partial charge is 0.254 e. The minimum atomic E-state index is -0.444. The number of H-pyrrole nitrogens is 2. The van der Waals surface area contributed by atoms with Gasteiger partial charge in [-0.3, -0.25) is 9.59 Å². The number of carbonyl (C=O) groups is 1. The largest absolute Gasteiger partial charge is 0.348 e. The van der Waals surface area contributed by atoms with Crippen LogP contribution in [0.4, 0.5) is 4.39 Å². The molecule has 6 nitrogen and oxygen atoms in total. The number of fused-ring (bicyclic) bond motifs is 1. The summed E-state index contributed by atoms with van der Waals surface area (Å²) in [6, 6.07) is 5.28. The van der Waals surface area contributed by atoms with Gasteiger partial charge >= 0.3 is 0 Å². The van der Waals surface area contributed by atoms with E-state index in [9.17, 15) is 14.0 Å². The molecule has 0 bridgehead atoms. The first-order chi connectivity index (χ1) is 12.1. The Kier molecular flexibility index (Phi) is 3.83. The Morgan fingerprint density at radius 1 is 1.32 bits per heavy atom. The normalized spacial score (nSPS) is 17.8. The van der Waals surface area contributed by atoms with Crippen LogP contribution in [0.3, 0.4) is 0 Å². The zero-order valence-electron chi connectivity index (χ0n) is 13.5. The lowest BCUT2D eigenvalue weighted by Crippen LogP contribution is -2.39. The van der Waals surface area contributed by atoms with Crippen LogP contribution in [-0.2, 0) is 0 Å². The molecule has 3 heterocycles. The summed E-state index contributed by atoms with van der Waals surface area (Å²) in [5, 5.41) is 0.421. The van der Waals surface area contributed by atoms with Gasteiger partial charge in [0, 0.05) is 48.4 Å². The number of aromatic amines is 2. The Bertz CT molecular complexity index is 980. The fourth-order valence-electron chi connectivity index (χ4n) is 3.46. The second-order valence-corrected chi connectivity index (χ2v) is 6.30. The van der Waals surface area contributed by atoms with Crippen molar-refractivity contribution in [2.45, 2.75) is 18.8 Å². The maximum atomic E-state index is 13.6. The van der Waals surface area contributed by atoms with Gasteiger partial charge in [-0.25, -0.2) is 9.37 Å². The molecule has 1 saturated heterocycles. The Hall–Kier alpha value is -2.96. The molecule has 1 fully saturated rings. The number of piperidine rings is 1. The van der Waals surface area contributed by atoms with E-state index in [2.05, 4.69) is 15.0 Å². The highest BCUT2D eigenvalue weighted by Crippen LogP contribution is 2.26. The summed E-state index contributed by atoms with van der Waals surface area (Å²) in [4.78, 5) is 36.6. The fraction of sp³-hybridized carbons (Fsp3) is 0.278. The molecule has 0 saturated carbocycles. The number of pyridine rings is 1.